The Labute approximate surface area is 144 Å². The van der Waals surface area contributed by atoms with Gasteiger partial charge in [0, 0.05) is 12.1 Å². The van der Waals surface area contributed by atoms with Crippen LogP contribution in [0.3, 0.4) is 0 Å². The summed E-state index contributed by atoms with van der Waals surface area (Å²) in [6.07, 6.45) is 1.49. The number of hydrogen-bond acceptors (Lipinski definition) is 3. The third-order valence-electron chi connectivity index (χ3n) is 4.08. The standard InChI is InChI=1S/C20H16FNO3/c1-2-11-22-17(14-9-6-10-15(21)12-14)16(19(24)20(22)25)18(23)13-7-4-3-5-8-13/h2-10,12,17,23H,1,11H2/t17-/m1/s1. The summed E-state index contributed by atoms with van der Waals surface area (Å²) in [7, 11) is 0. The number of aliphatic hydroxyl groups is 1. The minimum Gasteiger partial charge on any atom is -0.507 e. The summed E-state index contributed by atoms with van der Waals surface area (Å²) < 4.78 is 13.7. The van der Waals surface area contributed by atoms with Crippen LogP contribution in [0.2, 0.25) is 0 Å². The number of carbonyl (C=O) groups is 2. The number of likely N-dealkylation sites (tertiary alicyclic amines) is 1. The molecule has 0 radical (unpaired) electrons. The zero-order valence-electron chi connectivity index (χ0n) is 13.4. The van der Waals surface area contributed by atoms with E-state index in [9.17, 15) is 19.1 Å². The van der Waals surface area contributed by atoms with Gasteiger partial charge in [0.2, 0.25) is 0 Å². The summed E-state index contributed by atoms with van der Waals surface area (Å²) in [5.74, 6) is -2.30. The normalized spacial score (nSPS) is 19.2. The van der Waals surface area contributed by atoms with E-state index in [-0.39, 0.29) is 17.9 Å². The maximum atomic E-state index is 13.7. The Balaban J connectivity index is 2.21. The molecule has 0 unspecified atom stereocenters. The first-order valence-electron chi connectivity index (χ1n) is 7.74. The number of carbonyl (C=O) groups excluding carboxylic acids is 2. The Morgan fingerprint density at radius 2 is 1.88 bits per heavy atom. The first kappa shape index (κ1) is 16.6. The lowest BCUT2D eigenvalue weighted by Gasteiger charge is -2.24. The molecule has 2 aromatic carbocycles. The van der Waals surface area contributed by atoms with Gasteiger partial charge in [0.1, 0.15) is 11.6 Å². The number of aliphatic hydroxyl groups excluding tert-OH is 1. The van der Waals surface area contributed by atoms with Crippen LogP contribution in [0.15, 0.2) is 72.8 Å². The van der Waals surface area contributed by atoms with Gasteiger partial charge in [-0.05, 0) is 17.7 Å². The van der Waals surface area contributed by atoms with Crippen molar-refractivity contribution in [2.75, 3.05) is 6.54 Å². The van der Waals surface area contributed by atoms with E-state index < -0.39 is 23.5 Å². The van der Waals surface area contributed by atoms with Crippen molar-refractivity contribution in [1.82, 2.24) is 4.90 Å². The largest absolute Gasteiger partial charge is 0.507 e. The molecule has 1 heterocycles. The molecule has 1 saturated heterocycles. The molecule has 4 nitrogen and oxygen atoms in total. The zero-order chi connectivity index (χ0) is 18.0. The average molecular weight is 337 g/mol. The summed E-state index contributed by atoms with van der Waals surface area (Å²) in [6, 6.07) is 13.3. The molecule has 5 heteroatoms. The Kier molecular flexibility index (Phi) is 4.48. The fourth-order valence-corrected chi connectivity index (χ4v) is 2.98. The maximum Gasteiger partial charge on any atom is 0.295 e. The Hall–Kier alpha value is -3.21. The molecule has 1 aliphatic rings. The number of amides is 1. The van der Waals surface area contributed by atoms with E-state index in [0.29, 0.717) is 11.1 Å². The van der Waals surface area contributed by atoms with E-state index >= 15 is 0 Å². The molecule has 0 aromatic heterocycles. The fraction of sp³-hybridized carbons (Fsp3) is 0.100. The van der Waals surface area contributed by atoms with Crippen molar-refractivity contribution in [3.8, 4) is 0 Å². The summed E-state index contributed by atoms with van der Waals surface area (Å²) in [4.78, 5) is 26.2. The van der Waals surface area contributed by atoms with Crippen LogP contribution in [0.25, 0.3) is 5.76 Å². The van der Waals surface area contributed by atoms with Gasteiger partial charge in [0.15, 0.2) is 0 Å². The predicted octanol–water partition coefficient (Wildman–Crippen LogP) is 3.43. The SMILES string of the molecule is C=CCN1C(=O)C(=O)C(=C(O)c2ccccc2)[C@H]1c1cccc(F)c1. The lowest BCUT2D eigenvalue weighted by Crippen LogP contribution is -2.29. The third-order valence-corrected chi connectivity index (χ3v) is 4.08. The Bertz CT molecular complexity index is 874. The van der Waals surface area contributed by atoms with Crippen molar-refractivity contribution < 1.29 is 19.1 Å². The Morgan fingerprint density at radius 1 is 1.16 bits per heavy atom. The number of nitrogens with zero attached hydrogens (tertiary/aromatic N) is 1. The number of rotatable bonds is 4. The predicted molar refractivity (Wildman–Crippen MR) is 92.0 cm³/mol. The van der Waals surface area contributed by atoms with Crippen molar-refractivity contribution in [1.29, 1.82) is 0 Å². The molecule has 25 heavy (non-hydrogen) atoms. The molecule has 1 atom stereocenters. The molecular weight excluding hydrogens is 321 g/mol. The lowest BCUT2D eigenvalue weighted by atomic mass is 9.95. The highest BCUT2D eigenvalue weighted by Crippen LogP contribution is 2.39. The molecule has 1 fully saturated rings. The van der Waals surface area contributed by atoms with Crippen LogP contribution in [0.4, 0.5) is 4.39 Å². The van der Waals surface area contributed by atoms with Gasteiger partial charge in [-0.2, -0.15) is 0 Å². The topological polar surface area (TPSA) is 57.6 Å². The highest BCUT2D eigenvalue weighted by molar-refractivity contribution is 6.46. The molecule has 0 aliphatic carbocycles. The van der Waals surface area contributed by atoms with Gasteiger partial charge in [0.05, 0.1) is 11.6 Å². The summed E-state index contributed by atoms with van der Waals surface area (Å²) >= 11 is 0. The van der Waals surface area contributed by atoms with Crippen molar-refractivity contribution in [2.45, 2.75) is 6.04 Å². The number of hydrogen-bond donors (Lipinski definition) is 1. The van der Waals surface area contributed by atoms with E-state index in [1.54, 1.807) is 36.4 Å². The molecule has 0 saturated carbocycles. The summed E-state index contributed by atoms with van der Waals surface area (Å²) in [5.41, 5.74) is 0.780. The second-order valence-electron chi connectivity index (χ2n) is 5.66. The zero-order valence-corrected chi connectivity index (χ0v) is 13.4. The van der Waals surface area contributed by atoms with Gasteiger partial charge in [-0.25, -0.2) is 4.39 Å². The molecule has 1 N–H and O–H groups in total. The Morgan fingerprint density at radius 3 is 2.52 bits per heavy atom. The van der Waals surface area contributed by atoms with E-state index in [1.165, 1.54) is 29.2 Å². The second kappa shape index (κ2) is 6.73. The van der Waals surface area contributed by atoms with E-state index in [2.05, 4.69) is 6.58 Å². The van der Waals surface area contributed by atoms with E-state index in [4.69, 9.17) is 0 Å². The van der Waals surface area contributed by atoms with Gasteiger partial charge in [0.25, 0.3) is 11.7 Å². The first-order valence-corrected chi connectivity index (χ1v) is 7.74. The van der Waals surface area contributed by atoms with Crippen LogP contribution in [0.5, 0.6) is 0 Å². The van der Waals surface area contributed by atoms with Crippen molar-refractivity contribution >= 4 is 17.4 Å². The summed E-state index contributed by atoms with van der Waals surface area (Å²) in [6.45, 7) is 3.71. The highest BCUT2D eigenvalue weighted by atomic mass is 19.1. The van der Waals surface area contributed by atoms with Gasteiger partial charge in [-0.3, -0.25) is 9.59 Å². The minimum absolute atomic E-state index is 0.0522. The number of Topliss-reactive ketones (excluding diaryl/α,β-unsaturated/α-hetero) is 1. The van der Waals surface area contributed by atoms with E-state index in [1.807, 2.05) is 0 Å². The van der Waals surface area contributed by atoms with Crippen LogP contribution in [-0.4, -0.2) is 28.2 Å². The molecule has 126 valence electrons. The molecule has 0 bridgehead atoms. The highest BCUT2D eigenvalue weighted by Gasteiger charge is 2.45. The van der Waals surface area contributed by atoms with Gasteiger partial charge in [-0.1, -0.05) is 48.5 Å². The van der Waals surface area contributed by atoms with Crippen LogP contribution in [0.1, 0.15) is 17.2 Å². The fourth-order valence-electron chi connectivity index (χ4n) is 2.98. The smallest absolute Gasteiger partial charge is 0.295 e. The number of benzene rings is 2. The summed E-state index contributed by atoms with van der Waals surface area (Å²) in [5, 5.41) is 10.7. The second-order valence-corrected chi connectivity index (χ2v) is 5.66. The first-order chi connectivity index (χ1) is 12.0. The molecule has 2 aromatic rings. The van der Waals surface area contributed by atoms with Crippen molar-refractivity contribution in [3.05, 3.63) is 89.8 Å². The quantitative estimate of drug-likeness (QED) is 0.402. The van der Waals surface area contributed by atoms with E-state index in [0.717, 1.165) is 0 Å². The minimum atomic E-state index is -0.867. The molecular formula is C20H16FNO3. The van der Waals surface area contributed by atoms with Gasteiger partial charge < -0.3 is 10.0 Å². The molecule has 1 aliphatic heterocycles. The van der Waals surface area contributed by atoms with Crippen LogP contribution in [0, 0.1) is 5.82 Å². The monoisotopic (exact) mass is 337 g/mol. The third kappa shape index (κ3) is 2.96. The van der Waals surface area contributed by atoms with Gasteiger partial charge >= 0.3 is 0 Å². The molecule has 1 amide bonds. The average Bonchev–Trinajstić information content (AvgIpc) is 2.87. The van der Waals surface area contributed by atoms with Gasteiger partial charge in [-0.15, -0.1) is 6.58 Å². The van der Waals surface area contributed by atoms with Crippen LogP contribution >= 0.6 is 0 Å². The molecule has 3 rings (SSSR count). The van der Waals surface area contributed by atoms with Crippen LogP contribution < -0.4 is 0 Å². The maximum absolute atomic E-state index is 13.7. The number of halogens is 1. The lowest BCUT2D eigenvalue weighted by molar-refractivity contribution is -0.139. The van der Waals surface area contributed by atoms with Crippen molar-refractivity contribution in [2.24, 2.45) is 0 Å². The number of ketones is 1. The van der Waals surface area contributed by atoms with Crippen LogP contribution in [-0.2, 0) is 9.59 Å². The van der Waals surface area contributed by atoms with Crippen molar-refractivity contribution in [3.63, 3.8) is 0 Å². The molecule has 0 spiro atoms.